The Morgan fingerprint density at radius 1 is 1.15 bits per heavy atom. The van der Waals surface area contributed by atoms with E-state index in [4.69, 9.17) is 10.5 Å². The van der Waals surface area contributed by atoms with Crippen LogP contribution >= 0.6 is 15.9 Å². The molecule has 0 unspecified atom stereocenters. The van der Waals surface area contributed by atoms with Gasteiger partial charge in [-0.1, -0.05) is 53.2 Å². The molecule has 2 aromatic rings. The zero-order valence-corrected chi connectivity index (χ0v) is 16.4. The van der Waals surface area contributed by atoms with Crippen molar-refractivity contribution in [1.82, 2.24) is 4.90 Å². The first-order chi connectivity index (χ1) is 12.5. The molecule has 6 heteroatoms. The van der Waals surface area contributed by atoms with Crippen LogP contribution in [-0.4, -0.2) is 29.9 Å². The molecule has 5 nitrogen and oxygen atoms in total. The Balaban J connectivity index is 2.29. The van der Waals surface area contributed by atoms with Crippen molar-refractivity contribution in [3.8, 4) is 5.75 Å². The van der Waals surface area contributed by atoms with Crippen LogP contribution in [0.3, 0.4) is 0 Å². The highest BCUT2D eigenvalue weighted by Crippen LogP contribution is 2.25. The summed E-state index contributed by atoms with van der Waals surface area (Å²) >= 11 is 3.41. The lowest BCUT2D eigenvalue weighted by Crippen LogP contribution is -2.34. The topological polar surface area (TPSA) is 72.6 Å². The summed E-state index contributed by atoms with van der Waals surface area (Å²) in [6.45, 7) is 3.19. The molecule has 0 heterocycles. The monoisotopic (exact) mass is 418 g/mol. The van der Waals surface area contributed by atoms with Crippen LogP contribution in [0.4, 0.5) is 0 Å². The number of carbonyl (C=O) groups excluding carboxylic acids is 2. The summed E-state index contributed by atoms with van der Waals surface area (Å²) in [5, 5.41) is 0. The molecule has 0 aliphatic carbocycles. The minimum Gasteiger partial charge on any atom is -0.493 e. The van der Waals surface area contributed by atoms with Gasteiger partial charge >= 0.3 is 0 Å². The van der Waals surface area contributed by atoms with Gasteiger partial charge in [0.05, 0.1) is 12.2 Å². The van der Waals surface area contributed by atoms with Crippen molar-refractivity contribution in [3.05, 3.63) is 64.1 Å². The number of amides is 2. The molecule has 0 aliphatic heterocycles. The number of carbonyl (C=O) groups is 2. The number of benzene rings is 2. The lowest BCUT2D eigenvalue weighted by molar-refractivity contribution is -0.118. The van der Waals surface area contributed by atoms with E-state index in [1.807, 2.05) is 43.3 Å². The molecule has 0 spiro atoms. The molecule has 2 rings (SSSR count). The molecule has 2 N–H and O–H groups in total. The molecule has 2 amide bonds. The first kappa shape index (κ1) is 20.0. The van der Waals surface area contributed by atoms with Crippen molar-refractivity contribution in [3.63, 3.8) is 0 Å². The number of nitrogens with two attached hydrogens (primary N) is 1. The van der Waals surface area contributed by atoms with E-state index in [9.17, 15) is 9.59 Å². The third-order valence-corrected chi connectivity index (χ3v) is 4.26. The maximum Gasteiger partial charge on any atom is 0.257 e. The van der Waals surface area contributed by atoms with Gasteiger partial charge in [-0.2, -0.15) is 0 Å². The summed E-state index contributed by atoms with van der Waals surface area (Å²) in [5.41, 5.74) is 6.73. The molecule has 0 fully saturated rings. The van der Waals surface area contributed by atoms with Crippen molar-refractivity contribution in [2.24, 2.45) is 5.73 Å². The Kier molecular flexibility index (Phi) is 7.66. The SMILES string of the molecule is CCCOc1ccc(Br)cc1C(=O)N(CCC(N)=O)Cc1ccccc1. The average Bonchev–Trinajstić information content (AvgIpc) is 2.64. The molecule has 2 aromatic carbocycles. The number of hydrogen-bond donors (Lipinski definition) is 1. The number of hydrogen-bond acceptors (Lipinski definition) is 3. The van der Waals surface area contributed by atoms with Gasteiger partial charge in [-0.25, -0.2) is 0 Å². The highest BCUT2D eigenvalue weighted by atomic mass is 79.9. The maximum atomic E-state index is 13.2. The molecule has 138 valence electrons. The lowest BCUT2D eigenvalue weighted by Gasteiger charge is -2.24. The molecule has 0 saturated heterocycles. The molecule has 0 aliphatic rings. The normalized spacial score (nSPS) is 10.4. The van der Waals surface area contributed by atoms with E-state index in [0.717, 1.165) is 16.5 Å². The predicted octanol–water partition coefficient (Wildman–Crippen LogP) is 3.76. The predicted molar refractivity (Wildman–Crippen MR) is 105 cm³/mol. The van der Waals surface area contributed by atoms with Gasteiger partial charge in [0.15, 0.2) is 0 Å². The van der Waals surface area contributed by atoms with Crippen LogP contribution in [-0.2, 0) is 11.3 Å². The van der Waals surface area contributed by atoms with Gasteiger partial charge in [0, 0.05) is 24.0 Å². The minimum absolute atomic E-state index is 0.109. The van der Waals surface area contributed by atoms with E-state index >= 15 is 0 Å². The Labute approximate surface area is 162 Å². The number of ether oxygens (including phenoxy) is 1. The first-order valence-corrected chi connectivity index (χ1v) is 9.34. The summed E-state index contributed by atoms with van der Waals surface area (Å²) in [6, 6.07) is 15.0. The zero-order chi connectivity index (χ0) is 18.9. The van der Waals surface area contributed by atoms with Gasteiger partial charge in [-0.15, -0.1) is 0 Å². The number of halogens is 1. The van der Waals surface area contributed by atoms with Gasteiger partial charge in [0.2, 0.25) is 5.91 Å². The molecular formula is C20H23BrN2O3. The Bertz CT molecular complexity index is 750. The first-order valence-electron chi connectivity index (χ1n) is 8.55. The second kappa shape index (κ2) is 9.97. The van der Waals surface area contributed by atoms with E-state index in [2.05, 4.69) is 15.9 Å². The van der Waals surface area contributed by atoms with Crippen LogP contribution in [0.15, 0.2) is 53.0 Å². The second-order valence-corrected chi connectivity index (χ2v) is 6.83. The Morgan fingerprint density at radius 3 is 2.54 bits per heavy atom. The Morgan fingerprint density at radius 2 is 1.88 bits per heavy atom. The largest absolute Gasteiger partial charge is 0.493 e. The maximum absolute atomic E-state index is 13.2. The standard InChI is InChI=1S/C20H23BrN2O3/c1-2-12-26-18-9-8-16(21)13-17(18)20(25)23(11-10-19(22)24)14-15-6-4-3-5-7-15/h3-9,13H,2,10-12,14H2,1H3,(H2,22,24). The fourth-order valence-corrected chi connectivity index (χ4v) is 2.84. The number of rotatable bonds is 9. The van der Waals surface area contributed by atoms with Crippen molar-refractivity contribution >= 4 is 27.7 Å². The van der Waals surface area contributed by atoms with Crippen molar-refractivity contribution in [2.45, 2.75) is 26.3 Å². The number of nitrogens with zero attached hydrogens (tertiary/aromatic N) is 1. The zero-order valence-electron chi connectivity index (χ0n) is 14.8. The van der Waals surface area contributed by atoms with Gasteiger partial charge < -0.3 is 15.4 Å². The number of primary amides is 1. The summed E-state index contributed by atoms with van der Waals surface area (Å²) in [7, 11) is 0. The Hall–Kier alpha value is -2.34. The van der Waals surface area contributed by atoms with Gasteiger partial charge in [-0.3, -0.25) is 9.59 Å². The van der Waals surface area contributed by atoms with E-state index in [1.165, 1.54) is 0 Å². The van der Waals surface area contributed by atoms with E-state index in [0.29, 0.717) is 24.5 Å². The van der Waals surface area contributed by atoms with Gasteiger partial charge in [-0.05, 0) is 30.2 Å². The highest BCUT2D eigenvalue weighted by molar-refractivity contribution is 9.10. The summed E-state index contributed by atoms with van der Waals surface area (Å²) in [4.78, 5) is 26.0. The summed E-state index contributed by atoms with van der Waals surface area (Å²) in [5.74, 6) is -0.0905. The van der Waals surface area contributed by atoms with Crippen molar-refractivity contribution in [1.29, 1.82) is 0 Å². The lowest BCUT2D eigenvalue weighted by atomic mass is 10.1. The minimum atomic E-state index is -0.437. The van der Waals surface area contributed by atoms with Crippen LogP contribution in [0.5, 0.6) is 5.75 Å². The molecule has 0 bridgehead atoms. The van der Waals surface area contributed by atoms with E-state index < -0.39 is 5.91 Å². The van der Waals surface area contributed by atoms with Crippen LogP contribution < -0.4 is 10.5 Å². The smallest absolute Gasteiger partial charge is 0.257 e. The van der Waals surface area contributed by atoms with Gasteiger partial charge in [0.1, 0.15) is 5.75 Å². The fraction of sp³-hybridized carbons (Fsp3) is 0.300. The fourth-order valence-electron chi connectivity index (χ4n) is 2.48. The summed E-state index contributed by atoms with van der Waals surface area (Å²) < 4.78 is 6.52. The molecule has 26 heavy (non-hydrogen) atoms. The van der Waals surface area contributed by atoms with E-state index in [-0.39, 0.29) is 18.9 Å². The van der Waals surface area contributed by atoms with Crippen LogP contribution in [0.1, 0.15) is 35.7 Å². The van der Waals surface area contributed by atoms with Crippen LogP contribution in [0.2, 0.25) is 0 Å². The third kappa shape index (κ3) is 5.88. The quantitative estimate of drug-likeness (QED) is 0.673. The van der Waals surface area contributed by atoms with Gasteiger partial charge in [0.25, 0.3) is 5.91 Å². The van der Waals surface area contributed by atoms with Crippen molar-refractivity contribution < 1.29 is 14.3 Å². The van der Waals surface area contributed by atoms with Crippen LogP contribution in [0.25, 0.3) is 0 Å². The molecule has 0 radical (unpaired) electrons. The molecule has 0 atom stereocenters. The highest BCUT2D eigenvalue weighted by Gasteiger charge is 2.21. The molecular weight excluding hydrogens is 396 g/mol. The van der Waals surface area contributed by atoms with Crippen LogP contribution in [0, 0.1) is 0 Å². The average molecular weight is 419 g/mol. The van der Waals surface area contributed by atoms with Crippen molar-refractivity contribution in [2.75, 3.05) is 13.2 Å². The summed E-state index contributed by atoms with van der Waals surface area (Å²) in [6.07, 6.45) is 0.955. The molecule has 0 aromatic heterocycles. The van der Waals surface area contributed by atoms with E-state index in [1.54, 1.807) is 17.0 Å². The molecule has 0 saturated carbocycles. The second-order valence-electron chi connectivity index (χ2n) is 5.92. The third-order valence-electron chi connectivity index (χ3n) is 3.77.